The predicted octanol–water partition coefficient (Wildman–Crippen LogP) is 3.40. The van der Waals surface area contributed by atoms with E-state index in [4.69, 9.17) is 0 Å². The molecule has 0 aromatic carbocycles. The molecule has 0 saturated carbocycles. The first-order valence-electron chi connectivity index (χ1n) is 7.26. The zero-order valence-electron chi connectivity index (χ0n) is 15.0. The van der Waals surface area contributed by atoms with E-state index in [0.717, 1.165) is 6.41 Å². The van der Waals surface area contributed by atoms with E-state index in [-0.39, 0.29) is 32.7 Å². The molecule has 0 aliphatic rings. The van der Waals surface area contributed by atoms with Crippen molar-refractivity contribution in [2.24, 2.45) is 11.3 Å². The third-order valence-corrected chi connectivity index (χ3v) is 3.27. The summed E-state index contributed by atoms with van der Waals surface area (Å²) in [6.07, 6.45) is 0.747. The summed E-state index contributed by atoms with van der Waals surface area (Å²) >= 11 is 0. The van der Waals surface area contributed by atoms with Crippen molar-refractivity contribution >= 4 is 6.41 Å². The van der Waals surface area contributed by atoms with Crippen LogP contribution in [0.5, 0.6) is 0 Å². The Morgan fingerprint density at radius 3 is 1.70 bits per heavy atom. The first kappa shape index (κ1) is 25.5. The van der Waals surface area contributed by atoms with Crippen LogP contribution in [0.1, 0.15) is 62.3 Å². The SMILES string of the molecule is CC(C)NC(CNC=O)C(C)C.C[C-](C)C(C)(C)C.[Y]. The normalized spacial score (nSPS) is 12.6. The van der Waals surface area contributed by atoms with E-state index in [1.807, 2.05) is 0 Å². The fraction of sp³-hybridized carbons (Fsp3) is 0.875. The number of hydrogen-bond acceptors (Lipinski definition) is 2. The molecule has 0 spiro atoms. The monoisotopic (exact) mass is 360 g/mol. The largest absolute Gasteiger partial charge is 0.357 e. The Kier molecular flexibility index (Phi) is 16.8. The minimum atomic E-state index is 0. The molecule has 1 unspecified atom stereocenters. The number of carbonyl (C=O) groups is 1. The molecule has 119 valence electrons. The first-order valence-corrected chi connectivity index (χ1v) is 7.26. The van der Waals surface area contributed by atoms with Crippen LogP contribution in [0.4, 0.5) is 0 Å². The minimum absolute atomic E-state index is 0. The molecule has 1 amide bonds. The second-order valence-electron chi connectivity index (χ2n) is 6.95. The number of rotatable bonds is 6. The Bertz CT molecular complexity index is 223. The van der Waals surface area contributed by atoms with Crippen LogP contribution >= 0.6 is 0 Å². The molecule has 1 atom stereocenters. The molecule has 0 aromatic heterocycles. The van der Waals surface area contributed by atoms with Gasteiger partial charge in [-0.2, -0.15) is 19.3 Å². The molecule has 0 bridgehead atoms. The number of hydrogen-bond donors (Lipinski definition) is 2. The van der Waals surface area contributed by atoms with Gasteiger partial charge in [0, 0.05) is 51.3 Å². The Morgan fingerprint density at radius 1 is 1.10 bits per heavy atom. The van der Waals surface area contributed by atoms with Crippen LogP contribution in [-0.4, -0.2) is 25.0 Å². The van der Waals surface area contributed by atoms with Crippen molar-refractivity contribution in [1.82, 2.24) is 10.6 Å². The summed E-state index contributed by atoms with van der Waals surface area (Å²) in [7, 11) is 0. The van der Waals surface area contributed by atoms with Crippen LogP contribution in [0.25, 0.3) is 0 Å². The zero-order valence-corrected chi connectivity index (χ0v) is 17.8. The maximum absolute atomic E-state index is 10.1. The summed E-state index contributed by atoms with van der Waals surface area (Å²) in [5, 5.41) is 6.08. The molecule has 0 saturated heterocycles. The standard InChI is InChI=1S/C9H20N2O.C7H15.Y/c1-7(2)9(5-10-6-12)11-8(3)4;1-6(2)7(3,4)5;/h6-9,11H,5H2,1-4H3,(H,10,12);1-5H3;/q;-1;. The van der Waals surface area contributed by atoms with E-state index >= 15 is 0 Å². The molecule has 20 heavy (non-hydrogen) atoms. The zero-order chi connectivity index (χ0) is 15.6. The van der Waals surface area contributed by atoms with Crippen molar-refractivity contribution < 1.29 is 37.5 Å². The van der Waals surface area contributed by atoms with Crippen molar-refractivity contribution in [3.8, 4) is 0 Å². The van der Waals surface area contributed by atoms with Crippen molar-refractivity contribution in [3.05, 3.63) is 5.92 Å². The van der Waals surface area contributed by atoms with Crippen LogP contribution in [0.3, 0.4) is 0 Å². The van der Waals surface area contributed by atoms with Gasteiger partial charge in [-0.3, -0.25) is 4.79 Å². The molecular weight excluding hydrogens is 325 g/mol. The summed E-state index contributed by atoms with van der Waals surface area (Å²) in [6.45, 7) is 20.2. The van der Waals surface area contributed by atoms with Crippen molar-refractivity contribution in [3.63, 3.8) is 0 Å². The van der Waals surface area contributed by atoms with E-state index in [2.05, 4.69) is 72.9 Å². The summed E-state index contributed by atoms with van der Waals surface area (Å²) in [5.41, 5.74) is 0.417. The van der Waals surface area contributed by atoms with Gasteiger partial charge in [-0.15, -0.1) is 0 Å². The van der Waals surface area contributed by atoms with Gasteiger partial charge in [-0.1, -0.05) is 48.5 Å². The molecular formula is C16H35N2OY-. The molecule has 1 radical (unpaired) electrons. The maximum atomic E-state index is 10.1. The average Bonchev–Trinajstić information content (AvgIpc) is 2.22. The predicted molar refractivity (Wildman–Crippen MR) is 85.0 cm³/mol. The second-order valence-corrected chi connectivity index (χ2v) is 6.95. The number of carbonyl (C=O) groups excluding carboxylic acids is 1. The Morgan fingerprint density at radius 2 is 1.50 bits per heavy atom. The van der Waals surface area contributed by atoms with Crippen LogP contribution in [0.2, 0.25) is 0 Å². The van der Waals surface area contributed by atoms with Crippen LogP contribution in [0, 0.1) is 17.3 Å². The van der Waals surface area contributed by atoms with Crippen LogP contribution < -0.4 is 10.6 Å². The summed E-state index contributed by atoms with van der Waals surface area (Å²) in [5.74, 6) is 2.03. The van der Waals surface area contributed by atoms with E-state index < -0.39 is 0 Å². The van der Waals surface area contributed by atoms with Gasteiger partial charge in [-0.25, -0.2) is 0 Å². The fourth-order valence-electron chi connectivity index (χ4n) is 1.09. The minimum Gasteiger partial charge on any atom is -0.357 e. The summed E-state index contributed by atoms with van der Waals surface area (Å²) in [4.78, 5) is 10.1. The third-order valence-electron chi connectivity index (χ3n) is 3.27. The Balaban J connectivity index is -0.000000312. The van der Waals surface area contributed by atoms with E-state index in [0.29, 0.717) is 30.0 Å². The van der Waals surface area contributed by atoms with E-state index in [1.165, 1.54) is 5.92 Å². The molecule has 0 aromatic rings. The Hall–Kier alpha value is 0.534. The Labute approximate surface area is 152 Å². The van der Waals surface area contributed by atoms with E-state index in [9.17, 15) is 4.79 Å². The molecule has 4 heteroatoms. The third kappa shape index (κ3) is 16.6. The van der Waals surface area contributed by atoms with Gasteiger partial charge >= 0.3 is 0 Å². The van der Waals surface area contributed by atoms with Crippen molar-refractivity contribution in [2.45, 2.75) is 74.4 Å². The first-order chi connectivity index (χ1) is 8.52. The van der Waals surface area contributed by atoms with Crippen LogP contribution in [0.15, 0.2) is 0 Å². The maximum Gasteiger partial charge on any atom is 0.207 e. The summed E-state index contributed by atoms with van der Waals surface area (Å²) < 4.78 is 0. The van der Waals surface area contributed by atoms with Gasteiger partial charge in [0.05, 0.1) is 0 Å². The molecule has 0 rings (SSSR count). The number of nitrogens with one attached hydrogen (secondary N) is 2. The average molecular weight is 360 g/mol. The van der Waals surface area contributed by atoms with Gasteiger partial charge in [-0.05, 0) is 5.92 Å². The van der Waals surface area contributed by atoms with Gasteiger partial charge in [0.15, 0.2) is 0 Å². The molecule has 0 aliphatic carbocycles. The number of amides is 1. The quantitative estimate of drug-likeness (QED) is 0.563. The van der Waals surface area contributed by atoms with Crippen molar-refractivity contribution in [2.75, 3.05) is 6.54 Å². The van der Waals surface area contributed by atoms with Gasteiger partial charge in [0.25, 0.3) is 0 Å². The molecule has 0 heterocycles. The molecule has 2 N–H and O–H groups in total. The molecule has 3 nitrogen and oxygen atoms in total. The van der Waals surface area contributed by atoms with E-state index in [1.54, 1.807) is 0 Å². The van der Waals surface area contributed by atoms with Crippen LogP contribution in [-0.2, 0) is 37.5 Å². The van der Waals surface area contributed by atoms with Gasteiger partial charge in [0.1, 0.15) is 0 Å². The smallest absolute Gasteiger partial charge is 0.207 e. The molecule has 0 aliphatic heterocycles. The van der Waals surface area contributed by atoms with Crippen molar-refractivity contribution in [1.29, 1.82) is 0 Å². The second kappa shape index (κ2) is 13.2. The fourth-order valence-corrected chi connectivity index (χ4v) is 1.09. The van der Waals surface area contributed by atoms with Gasteiger partial charge in [0.2, 0.25) is 6.41 Å². The van der Waals surface area contributed by atoms with Gasteiger partial charge < -0.3 is 16.6 Å². The molecule has 0 fully saturated rings. The summed E-state index contributed by atoms with van der Waals surface area (Å²) in [6, 6.07) is 0.834. The topological polar surface area (TPSA) is 41.1 Å².